The molecule has 0 atom stereocenters. The van der Waals surface area contributed by atoms with Crippen LogP contribution in [0.1, 0.15) is 41.5 Å². The molecule has 72 valence electrons. The van der Waals surface area contributed by atoms with Gasteiger partial charge in [-0.3, -0.25) is 0 Å². The van der Waals surface area contributed by atoms with Crippen molar-refractivity contribution < 1.29 is 4.74 Å². The Morgan fingerprint density at radius 3 is 1.75 bits per heavy atom. The van der Waals surface area contributed by atoms with Crippen LogP contribution < -0.4 is 0 Å². The monoisotopic (exact) mass is 170 g/mol. The van der Waals surface area contributed by atoms with E-state index in [0.717, 1.165) is 5.76 Å². The summed E-state index contributed by atoms with van der Waals surface area (Å²) in [6.07, 6.45) is 2.08. The van der Waals surface area contributed by atoms with E-state index in [4.69, 9.17) is 4.74 Å². The largest absolute Gasteiger partial charge is 0.501 e. The maximum Gasteiger partial charge on any atom is 0.0956 e. The minimum absolute atomic E-state index is 0.996. The Bertz CT molecular complexity index is 164. The average molecular weight is 170 g/mol. The van der Waals surface area contributed by atoms with Crippen molar-refractivity contribution >= 4 is 0 Å². The number of allylic oxidation sites excluding steroid dienone is 4. The molecule has 0 unspecified atom stereocenters. The molecule has 0 bridgehead atoms. The van der Waals surface area contributed by atoms with Gasteiger partial charge in [-0.1, -0.05) is 19.9 Å². The van der Waals surface area contributed by atoms with E-state index in [0.29, 0.717) is 0 Å². The van der Waals surface area contributed by atoms with E-state index in [1.807, 2.05) is 27.7 Å². The van der Waals surface area contributed by atoms with Gasteiger partial charge in [-0.2, -0.15) is 0 Å². The third-order valence-electron chi connectivity index (χ3n) is 1.86. The summed E-state index contributed by atoms with van der Waals surface area (Å²) in [5, 5.41) is 0. The highest BCUT2D eigenvalue weighted by Gasteiger charge is 1.96. The second kappa shape index (κ2) is 8.38. The van der Waals surface area contributed by atoms with Crippen molar-refractivity contribution in [2.45, 2.75) is 41.5 Å². The number of hydrogen-bond donors (Lipinski definition) is 0. The molecule has 0 aromatic carbocycles. The first-order valence-electron chi connectivity index (χ1n) is 4.48. The van der Waals surface area contributed by atoms with Gasteiger partial charge in [0.05, 0.1) is 12.9 Å². The zero-order valence-electron chi connectivity index (χ0n) is 9.49. The van der Waals surface area contributed by atoms with Crippen LogP contribution in [0.3, 0.4) is 0 Å². The van der Waals surface area contributed by atoms with Crippen molar-refractivity contribution in [1.29, 1.82) is 0 Å². The van der Waals surface area contributed by atoms with Crippen LogP contribution in [0.15, 0.2) is 23.0 Å². The fourth-order valence-electron chi connectivity index (χ4n) is 0.647. The second-order valence-corrected chi connectivity index (χ2v) is 2.36. The summed E-state index contributed by atoms with van der Waals surface area (Å²) in [4.78, 5) is 0. The zero-order chi connectivity index (χ0) is 10.1. The topological polar surface area (TPSA) is 9.23 Å². The predicted molar refractivity (Wildman–Crippen MR) is 56.2 cm³/mol. The van der Waals surface area contributed by atoms with Gasteiger partial charge >= 0.3 is 0 Å². The highest BCUT2D eigenvalue weighted by molar-refractivity contribution is 5.28. The summed E-state index contributed by atoms with van der Waals surface area (Å²) in [6, 6.07) is 0. The molecule has 0 fully saturated rings. The Balaban J connectivity index is 0. The number of rotatable bonds is 2. The Labute approximate surface area is 77.1 Å². The van der Waals surface area contributed by atoms with Crippen LogP contribution >= 0.6 is 0 Å². The molecule has 0 rings (SSSR count). The van der Waals surface area contributed by atoms with Crippen molar-refractivity contribution in [3.05, 3.63) is 23.0 Å². The van der Waals surface area contributed by atoms with Crippen molar-refractivity contribution in [3.63, 3.8) is 0 Å². The number of hydrogen-bond acceptors (Lipinski definition) is 1. The summed E-state index contributed by atoms with van der Waals surface area (Å²) in [5.41, 5.74) is 2.50. The third-order valence-corrected chi connectivity index (χ3v) is 1.86. The Hall–Kier alpha value is -0.720. The molecule has 0 radical (unpaired) electrons. The van der Waals surface area contributed by atoms with Crippen LogP contribution in [0.25, 0.3) is 0 Å². The number of ether oxygens (including phenoxy) is 1. The van der Waals surface area contributed by atoms with E-state index in [2.05, 4.69) is 19.9 Å². The number of methoxy groups -OCH3 is 1. The molecular weight excluding hydrogens is 148 g/mol. The molecular formula is C11H22O. The van der Waals surface area contributed by atoms with Gasteiger partial charge in [0.2, 0.25) is 0 Å². The summed E-state index contributed by atoms with van der Waals surface area (Å²) in [5.74, 6) is 0.996. The summed E-state index contributed by atoms with van der Waals surface area (Å²) < 4.78 is 5.07. The Kier molecular flexibility index (Phi) is 9.66. The van der Waals surface area contributed by atoms with E-state index in [1.165, 1.54) is 11.1 Å². The van der Waals surface area contributed by atoms with Crippen LogP contribution in [0.2, 0.25) is 0 Å². The van der Waals surface area contributed by atoms with Crippen LogP contribution in [-0.4, -0.2) is 7.11 Å². The van der Waals surface area contributed by atoms with E-state index < -0.39 is 0 Å². The highest BCUT2D eigenvalue weighted by Crippen LogP contribution is 2.12. The van der Waals surface area contributed by atoms with Crippen molar-refractivity contribution in [1.82, 2.24) is 0 Å². The molecule has 0 saturated heterocycles. The molecule has 0 aromatic heterocycles. The molecule has 1 nitrogen and oxygen atoms in total. The molecule has 0 aliphatic carbocycles. The zero-order valence-corrected chi connectivity index (χ0v) is 9.49. The smallest absolute Gasteiger partial charge is 0.0956 e. The maximum atomic E-state index is 5.07. The summed E-state index contributed by atoms with van der Waals surface area (Å²) in [6.45, 7) is 12.1. The van der Waals surface area contributed by atoms with Gasteiger partial charge < -0.3 is 4.74 Å². The van der Waals surface area contributed by atoms with Gasteiger partial charge in [0.25, 0.3) is 0 Å². The lowest BCUT2D eigenvalue weighted by Crippen LogP contribution is -1.87. The molecule has 0 aliphatic heterocycles. The first-order valence-corrected chi connectivity index (χ1v) is 4.48. The summed E-state index contributed by atoms with van der Waals surface area (Å²) in [7, 11) is 1.70. The lowest BCUT2D eigenvalue weighted by atomic mass is 10.1. The minimum atomic E-state index is 0.996. The van der Waals surface area contributed by atoms with Crippen LogP contribution in [0, 0.1) is 0 Å². The molecule has 0 amide bonds. The highest BCUT2D eigenvalue weighted by atomic mass is 16.5. The standard InChI is InChI=1S/C9H16O.C2H6/c1-6-7(2)8(3)9(4)10-5;1-2/h6H,1-5H3;1-2H3/b7-6-,9-8+;. The van der Waals surface area contributed by atoms with Gasteiger partial charge in [-0.05, 0) is 38.8 Å². The van der Waals surface area contributed by atoms with Crippen molar-refractivity contribution in [3.8, 4) is 0 Å². The molecule has 1 heteroatoms. The maximum absolute atomic E-state index is 5.07. The Morgan fingerprint density at radius 1 is 1.08 bits per heavy atom. The SMILES string of the molecule is C/C=C(C)\C(C)=C(/C)OC.CC. The van der Waals surface area contributed by atoms with E-state index in [1.54, 1.807) is 7.11 Å². The van der Waals surface area contributed by atoms with Gasteiger partial charge in [-0.15, -0.1) is 0 Å². The second-order valence-electron chi connectivity index (χ2n) is 2.36. The Morgan fingerprint density at radius 2 is 1.50 bits per heavy atom. The lowest BCUT2D eigenvalue weighted by molar-refractivity contribution is 0.289. The fraction of sp³-hybridized carbons (Fsp3) is 0.636. The van der Waals surface area contributed by atoms with Gasteiger partial charge in [-0.25, -0.2) is 0 Å². The average Bonchev–Trinajstić information content (AvgIpc) is 2.17. The van der Waals surface area contributed by atoms with Crippen LogP contribution in [0.4, 0.5) is 0 Å². The quantitative estimate of drug-likeness (QED) is 0.451. The third kappa shape index (κ3) is 5.00. The molecule has 0 heterocycles. The summed E-state index contributed by atoms with van der Waals surface area (Å²) >= 11 is 0. The molecule has 0 aliphatic rings. The van der Waals surface area contributed by atoms with Gasteiger partial charge in [0, 0.05) is 0 Å². The van der Waals surface area contributed by atoms with E-state index in [-0.39, 0.29) is 0 Å². The molecule has 0 N–H and O–H groups in total. The van der Waals surface area contributed by atoms with Gasteiger partial charge in [0.1, 0.15) is 0 Å². The molecule has 0 aromatic rings. The van der Waals surface area contributed by atoms with Crippen LogP contribution in [-0.2, 0) is 4.74 Å². The van der Waals surface area contributed by atoms with E-state index >= 15 is 0 Å². The molecule has 0 saturated carbocycles. The van der Waals surface area contributed by atoms with Gasteiger partial charge in [0.15, 0.2) is 0 Å². The van der Waals surface area contributed by atoms with Crippen LogP contribution in [0.5, 0.6) is 0 Å². The normalized spacial score (nSPS) is 12.8. The van der Waals surface area contributed by atoms with E-state index in [9.17, 15) is 0 Å². The minimum Gasteiger partial charge on any atom is -0.501 e. The van der Waals surface area contributed by atoms with Crippen molar-refractivity contribution in [2.75, 3.05) is 7.11 Å². The van der Waals surface area contributed by atoms with Crippen molar-refractivity contribution in [2.24, 2.45) is 0 Å². The fourth-order valence-corrected chi connectivity index (χ4v) is 0.647. The predicted octanol–water partition coefficient (Wildman–Crippen LogP) is 3.92. The first kappa shape index (κ1) is 13.8. The molecule has 0 spiro atoms. The molecule has 12 heavy (non-hydrogen) atoms. The lowest BCUT2D eigenvalue weighted by Gasteiger charge is -2.05. The first-order chi connectivity index (χ1) is 5.63.